The van der Waals surface area contributed by atoms with Crippen LogP contribution < -0.4 is 0 Å². The van der Waals surface area contributed by atoms with E-state index in [0.717, 1.165) is 30.7 Å². The van der Waals surface area contributed by atoms with Gasteiger partial charge in [0.15, 0.2) is 0 Å². The lowest BCUT2D eigenvalue weighted by Crippen LogP contribution is -2.68. The summed E-state index contributed by atoms with van der Waals surface area (Å²) in [4.78, 5) is 13.2. The zero-order valence-corrected chi connectivity index (χ0v) is 18.6. The van der Waals surface area contributed by atoms with Crippen LogP contribution in [0.5, 0.6) is 0 Å². The van der Waals surface area contributed by atoms with Crippen molar-refractivity contribution < 1.29 is 9.28 Å². The fourth-order valence-corrected chi connectivity index (χ4v) is 8.34. The van der Waals surface area contributed by atoms with Gasteiger partial charge in [0.1, 0.15) is 6.04 Å². The van der Waals surface area contributed by atoms with Crippen molar-refractivity contribution in [2.24, 2.45) is 28.6 Å². The van der Waals surface area contributed by atoms with E-state index in [-0.39, 0.29) is 5.41 Å². The van der Waals surface area contributed by atoms with Gasteiger partial charge in [-0.1, -0.05) is 56.7 Å². The summed E-state index contributed by atoms with van der Waals surface area (Å²) in [6.07, 6.45) is 14.9. The van der Waals surface area contributed by atoms with Gasteiger partial charge in [-0.05, 0) is 60.8 Å². The molecule has 3 aliphatic carbocycles. The van der Waals surface area contributed by atoms with E-state index in [1.807, 2.05) is 6.08 Å². The minimum Gasteiger partial charge on any atom is -0.256 e. The maximum absolute atomic E-state index is 13.2. The van der Waals surface area contributed by atoms with Gasteiger partial charge in [0.05, 0.1) is 13.6 Å². The first-order valence-corrected chi connectivity index (χ1v) is 12.0. The van der Waals surface area contributed by atoms with Gasteiger partial charge in [0.25, 0.3) is 0 Å². The molecule has 0 spiro atoms. The van der Waals surface area contributed by atoms with Crippen molar-refractivity contribution in [2.75, 3.05) is 13.6 Å². The van der Waals surface area contributed by atoms with Crippen LogP contribution in [0.25, 0.3) is 0 Å². The Morgan fingerprint density at radius 3 is 2.59 bits per heavy atom. The molecule has 1 aromatic rings. The minimum atomic E-state index is 0.173. The standard InChI is InChI=1S/C27H38NO/c1-26-16-7-10-22(26)21-11-12-24-27(2,23(21)13-17-26)18-14-25(29)28(24,3)19-15-20-8-5-4-6-9-20/h4-6,8-9,14,18,21-24H,7,10-13,15-17,19H2,1-3H3/q+1/t21-,22-,23-,24+,26-,27+,28?/m0/s1. The average molecular weight is 393 g/mol. The first kappa shape index (κ1) is 19.5. The molecule has 2 nitrogen and oxygen atoms in total. The molecule has 0 N–H and O–H groups in total. The van der Waals surface area contributed by atoms with Gasteiger partial charge in [-0.25, -0.2) is 4.79 Å². The SMILES string of the molecule is C[C@@]12CCC[C@H]1[C@@H]1CC[C@@H]3[C@](C)(C=CC(=O)[N+]3(C)CCc3ccccc3)[C@H]1CC2. The summed E-state index contributed by atoms with van der Waals surface area (Å²) >= 11 is 0. The smallest absolute Gasteiger partial charge is 0.256 e. The molecule has 0 saturated heterocycles. The number of rotatable bonds is 3. The quantitative estimate of drug-likeness (QED) is 0.597. The third-order valence-electron chi connectivity index (χ3n) is 9.99. The summed E-state index contributed by atoms with van der Waals surface area (Å²) in [5.74, 6) is 2.88. The van der Waals surface area contributed by atoms with Crippen molar-refractivity contribution in [3.63, 3.8) is 0 Å². The van der Waals surface area contributed by atoms with E-state index in [0.29, 0.717) is 21.8 Å². The molecule has 5 rings (SSSR count). The summed E-state index contributed by atoms with van der Waals surface area (Å²) in [7, 11) is 2.24. The average Bonchev–Trinajstić information content (AvgIpc) is 3.12. The molecule has 4 aliphatic rings. The molecule has 1 aliphatic heterocycles. The molecule has 7 atom stereocenters. The highest BCUT2D eigenvalue weighted by atomic mass is 16.2. The third kappa shape index (κ3) is 2.89. The summed E-state index contributed by atoms with van der Waals surface area (Å²) in [5, 5.41) is 0. The van der Waals surface area contributed by atoms with Crippen molar-refractivity contribution in [3.8, 4) is 0 Å². The highest BCUT2D eigenvalue weighted by molar-refractivity contribution is 5.82. The third-order valence-corrected chi connectivity index (χ3v) is 9.99. The van der Waals surface area contributed by atoms with Crippen LogP contribution >= 0.6 is 0 Å². The lowest BCUT2D eigenvalue weighted by molar-refractivity contribution is -0.869. The molecule has 29 heavy (non-hydrogen) atoms. The maximum Gasteiger partial charge on any atom is 0.338 e. The lowest BCUT2D eigenvalue weighted by atomic mass is 9.48. The van der Waals surface area contributed by atoms with Gasteiger partial charge >= 0.3 is 5.91 Å². The van der Waals surface area contributed by atoms with E-state index in [1.54, 1.807) is 0 Å². The molecule has 156 valence electrons. The number of quaternary nitrogens is 1. The minimum absolute atomic E-state index is 0.173. The van der Waals surface area contributed by atoms with Crippen LogP contribution in [-0.4, -0.2) is 30.0 Å². The highest BCUT2D eigenvalue weighted by Crippen LogP contribution is 2.64. The van der Waals surface area contributed by atoms with E-state index in [9.17, 15) is 4.79 Å². The van der Waals surface area contributed by atoms with E-state index in [2.05, 4.69) is 57.3 Å². The number of hydrogen-bond acceptors (Lipinski definition) is 1. The molecular weight excluding hydrogens is 354 g/mol. The molecule has 3 saturated carbocycles. The largest absolute Gasteiger partial charge is 0.338 e. The number of nitrogens with zero attached hydrogens (tertiary/aromatic N) is 1. The summed E-state index contributed by atoms with van der Waals surface area (Å²) in [6, 6.07) is 11.2. The Balaban J connectivity index is 1.44. The second-order valence-corrected chi connectivity index (χ2v) is 11.3. The van der Waals surface area contributed by atoms with E-state index in [1.165, 1.54) is 50.5 Å². The van der Waals surface area contributed by atoms with Crippen molar-refractivity contribution in [1.29, 1.82) is 0 Å². The fourth-order valence-electron chi connectivity index (χ4n) is 8.34. The van der Waals surface area contributed by atoms with Crippen LogP contribution in [-0.2, 0) is 11.2 Å². The Bertz CT molecular complexity index is 815. The Hall–Kier alpha value is -1.41. The van der Waals surface area contributed by atoms with Gasteiger partial charge in [-0.2, -0.15) is 0 Å². The second-order valence-electron chi connectivity index (χ2n) is 11.3. The molecule has 1 unspecified atom stereocenters. The number of carbonyl (C=O) groups is 1. The zero-order chi connectivity index (χ0) is 20.3. The Morgan fingerprint density at radius 1 is 1.00 bits per heavy atom. The lowest BCUT2D eigenvalue weighted by Gasteiger charge is -2.60. The number of fused-ring (bicyclic) bond motifs is 5. The molecule has 1 heterocycles. The van der Waals surface area contributed by atoms with Crippen molar-refractivity contribution in [3.05, 3.63) is 48.0 Å². The van der Waals surface area contributed by atoms with Gasteiger partial charge in [-0.3, -0.25) is 4.48 Å². The molecule has 1 amide bonds. The monoisotopic (exact) mass is 392 g/mol. The van der Waals surface area contributed by atoms with Crippen molar-refractivity contribution >= 4 is 5.91 Å². The van der Waals surface area contributed by atoms with Crippen molar-refractivity contribution in [1.82, 2.24) is 0 Å². The van der Waals surface area contributed by atoms with E-state index in [4.69, 9.17) is 0 Å². The van der Waals surface area contributed by atoms with E-state index < -0.39 is 0 Å². The summed E-state index contributed by atoms with van der Waals surface area (Å²) in [6.45, 7) is 6.01. The topological polar surface area (TPSA) is 17.1 Å². The number of hydrogen-bond donors (Lipinski definition) is 0. The van der Waals surface area contributed by atoms with Gasteiger partial charge < -0.3 is 0 Å². The van der Waals surface area contributed by atoms with Gasteiger partial charge in [-0.15, -0.1) is 0 Å². The van der Waals surface area contributed by atoms with Gasteiger partial charge in [0, 0.05) is 24.3 Å². The van der Waals surface area contributed by atoms with Crippen LogP contribution in [0, 0.1) is 28.6 Å². The highest BCUT2D eigenvalue weighted by Gasteiger charge is 2.62. The molecule has 2 heteroatoms. The van der Waals surface area contributed by atoms with Crippen LogP contribution in [0.15, 0.2) is 42.5 Å². The molecule has 0 radical (unpaired) electrons. The molecule has 1 aromatic carbocycles. The zero-order valence-electron chi connectivity index (χ0n) is 18.6. The van der Waals surface area contributed by atoms with E-state index >= 15 is 0 Å². The first-order valence-electron chi connectivity index (χ1n) is 12.0. The van der Waals surface area contributed by atoms with Crippen LogP contribution in [0.1, 0.15) is 64.4 Å². The summed E-state index contributed by atoms with van der Waals surface area (Å²) in [5.41, 5.74) is 2.12. The molecule has 3 fully saturated rings. The number of benzene rings is 1. The summed E-state index contributed by atoms with van der Waals surface area (Å²) < 4.78 is 0.604. The first-order chi connectivity index (χ1) is 13.9. The fraction of sp³-hybridized carbons (Fsp3) is 0.667. The number of amides is 1. The van der Waals surface area contributed by atoms with Crippen LogP contribution in [0.2, 0.25) is 0 Å². The predicted octanol–water partition coefficient (Wildman–Crippen LogP) is 5.77. The Labute approximate surface area is 177 Å². The second kappa shape index (κ2) is 6.80. The van der Waals surface area contributed by atoms with Crippen molar-refractivity contribution in [2.45, 2.75) is 71.3 Å². The Morgan fingerprint density at radius 2 is 1.79 bits per heavy atom. The Kier molecular flexibility index (Phi) is 4.59. The normalized spacial score (nSPS) is 46.1. The predicted molar refractivity (Wildman–Crippen MR) is 118 cm³/mol. The van der Waals surface area contributed by atoms with Gasteiger partial charge in [0.2, 0.25) is 0 Å². The maximum atomic E-state index is 13.2. The van der Waals surface area contributed by atoms with Crippen LogP contribution in [0.4, 0.5) is 0 Å². The van der Waals surface area contributed by atoms with Crippen LogP contribution in [0.3, 0.4) is 0 Å². The molecule has 0 bridgehead atoms. The number of likely N-dealkylation sites (N-methyl/N-ethyl adjacent to an activating group) is 1. The molecular formula is C27H38NO+. The molecule has 0 aromatic heterocycles. The number of carbonyl (C=O) groups excluding carboxylic acids is 1.